The Labute approximate surface area is 166 Å². The molecular weight excluding hydrogens is 405 g/mol. The second kappa shape index (κ2) is 6.20. The number of hydrogen-bond donors (Lipinski definition) is 0. The summed E-state index contributed by atoms with van der Waals surface area (Å²) in [6.07, 6.45) is 1.70. The largest absolute Gasteiger partial charge is 0.422 e. The van der Waals surface area contributed by atoms with Gasteiger partial charge in [-0.25, -0.2) is 14.3 Å². The Hall–Kier alpha value is -2.67. The van der Waals surface area contributed by atoms with E-state index in [0.29, 0.717) is 31.8 Å². The number of fused-ring (bicyclic) bond motifs is 2. The van der Waals surface area contributed by atoms with Gasteiger partial charge in [0.05, 0.1) is 22.5 Å². The van der Waals surface area contributed by atoms with Crippen LogP contribution in [0.4, 0.5) is 0 Å². The van der Waals surface area contributed by atoms with Crippen molar-refractivity contribution in [1.82, 2.24) is 14.6 Å². The molecule has 2 aromatic carbocycles. The first-order chi connectivity index (χ1) is 13.1. The van der Waals surface area contributed by atoms with Gasteiger partial charge in [0, 0.05) is 16.0 Å². The zero-order chi connectivity index (χ0) is 18.5. The SMILES string of the molecule is O=c1oc2ccc(Cl)cc2cc1-c1cn2nc(-c3ccccc3Cl)sc2n1. The van der Waals surface area contributed by atoms with Crippen LogP contribution in [0.15, 0.2) is 63.9 Å². The summed E-state index contributed by atoms with van der Waals surface area (Å²) in [6.45, 7) is 0. The van der Waals surface area contributed by atoms with Crippen LogP contribution >= 0.6 is 34.5 Å². The van der Waals surface area contributed by atoms with Crippen molar-refractivity contribution in [3.63, 3.8) is 0 Å². The van der Waals surface area contributed by atoms with Crippen molar-refractivity contribution in [2.24, 2.45) is 0 Å². The standard InChI is InChI=1S/C19H9Cl2N3O2S/c20-11-5-6-16-10(7-11)8-13(18(25)26-16)15-9-24-19(22-15)27-17(23-24)12-3-1-2-4-14(12)21/h1-9H. The zero-order valence-electron chi connectivity index (χ0n) is 13.5. The van der Waals surface area contributed by atoms with E-state index in [1.165, 1.54) is 11.3 Å². The fraction of sp³-hybridized carbons (Fsp3) is 0. The normalized spacial score (nSPS) is 11.5. The van der Waals surface area contributed by atoms with E-state index in [9.17, 15) is 4.79 Å². The Morgan fingerprint density at radius 3 is 2.70 bits per heavy atom. The summed E-state index contributed by atoms with van der Waals surface area (Å²) < 4.78 is 7.02. The van der Waals surface area contributed by atoms with E-state index in [1.807, 2.05) is 24.3 Å². The Bertz CT molecular complexity index is 1360. The molecule has 5 nitrogen and oxygen atoms in total. The number of aromatic nitrogens is 3. The van der Waals surface area contributed by atoms with E-state index in [1.54, 1.807) is 35.0 Å². The van der Waals surface area contributed by atoms with Gasteiger partial charge in [0.25, 0.3) is 0 Å². The molecule has 5 rings (SSSR count). The predicted molar refractivity (Wildman–Crippen MR) is 108 cm³/mol. The third-order valence-electron chi connectivity index (χ3n) is 4.12. The first-order valence-electron chi connectivity index (χ1n) is 7.93. The second-order valence-corrected chi connectivity index (χ2v) is 7.67. The number of imidazole rings is 1. The molecule has 8 heteroatoms. The lowest BCUT2D eigenvalue weighted by Gasteiger charge is -2.00. The fourth-order valence-electron chi connectivity index (χ4n) is 2.85. The van der Waals surface area contributed by atoms with Crippen LogP contribution in [0, 0.1) is 0 Å². The molecule has 5 aromatic rings. The van der Waals surface area contributed by atoms with Gasteiger partial charge in [0.2, 0.25) is 4.96 Å². The number of benzene rings is 2. The molecule has 0 bridgehead atoms. The number of nitrogens with zero attached hydrogens (tertiary/aromatic N) is 3. The first kappa shape index (κ1) is 16.5. The average Bonchev–Trinajstić information content (AvgIpc) is 3.21. The molecule has 0 unspecified atom stereocenters. The molecule has 0 aliphatic rings. The smallest absolute Gasteiger partial charge is 0.345 e. The summed E-state index contributed by atoms with van der Waals surface area (Å²) >= 11 is 13.7. The van der Waals surface area contributed by atoms with E-state index in [-0.39, 0.29) is 0 Å². The van der Waals surface area contributed by atoms with Gasteiger partial charge in [-0.15, -0.1) is 0 Å². The van der Waals surface area contributed by atoms with Crippen LogP contribution < -0.4 is 5.63 Å². The third kappa shape index (κ3) is 2.82. The van der Waals surface area contributed by atoms with Crippen LogP contribution in [0.5, 0.6) is 0 Å². The van der Waals surface area contributed by atoms with E-state index in [4.69, 9.17) is 27.6 Å². The minimum absolute atomic E-state index is 0.363. The molecule has 0 saturated heterocycles. The maximum Gasteiger partial charge on any atom is 0.345 e. The quantitative estimate of drug-likeness (QED) is 0.356. The van der Waals surface area contributed by atoms with Gasteiger partial charge in [-0.05, 0) is 30.3 Å². The van der Waals surface area contributed by atoms with Crippen LogP contribution in [-0.2, 0) is 0 Å². The van der Waals surface area contributed by atoms with Gasteiger partial charge in [-0.2, -0.15) is 5.10 Å². The minimum Gasteiger partial charge on any atom is -0.422 e. The molecule has 0 fully saturated rings. The Morgan fingerprint density at radius 1 is 1.04 bits per heavy atom. The highest BCUT2D eigenvalue weighted by molar-refractivity contribution is 7.19. The molecular formula is C19H9Cl2N3O2S. The molecule has 0 N–H and O–H groups in total. The van der Waals surface area contributed by atoms with Gasteiger partial charge in [-0.1, -0.05) is 52.7 Å². The molecule has 3 aromatic heterocycles. The summed E-state index contributed by atoms with van der Waals surface area (Å²) in [4.78, 5) is 17.6. The maximum atomic E-state index is 12.4. The average molecular weight is 414 g/mol. The van der Waals surface area contributed by atoms with Crippen LogP contribution in [0.3, 0.4) is 0 Å². The monoisotopic (exact) mass is 413 g/mol. The lowest BCUT2D eigenvalue weighted by Crippen LogP contribution is -2.02. The molecule has 3 heterocycles. The van der Waals surface area contributed by atoms with Crippen LogP contribution in [0.2, 0.25) is 10.0 Å². The van der Waals surface area contributed by atoms with E-state index >= 15 is 0 Å². The molecule has 132 valence electrons. The van der Waals surface area contributed by atoms with E-state index in [2.05, 4.69) is 10.1 Å². The minimum atomic E-state index is -0.457. The lowest BCUT2D eigenvalue weighted by molar-refractivity contribution is 0.563. The number of hydrogen-bond acceptors (Lipinski definition) is 5. The Balaban J connectivity index is 1.63. The van der Waals surface area contributed by atoms with Crippen molar-refractivity contribution in [3.05, 3.63) is 75.2 Å². The Morgan fingerprint density at radius 2 is 1.89 bits per heavy atom. The highest BCUT2D eigenvalue weighted by atomic mass is 35.5. The predicted octanol–water partition coefficient (Wildman–Crippen LogP) is 5.54. The number of halogens is 2. The molecule has 27 heavy (non-hydrogen) atoms. The van der Waals surface area contributed by atoms with Crippen LogP contribution in [-0.4, -0.2) is 14.6 Å². The van der Waals surface area contributed by atoms with Crippen molar-refractivity contribution < 1.29 is 4.42 Å². The molecule has 0 atom stereocenters. The van der Waals surface area contributed by atoms with Gasteiger partial charge < -0.3 is 4.42 Å². The summed E-state index contributed by atoms with van der Waals surface area (Å²) in [6, 6.07) is 14.3. The van der Waals surface area contributed by atoms with E-state index < -0.39 is 5.63 Å². The van der Waals surface area contributed by atoms with E-state index in [0.717, 1.165) is 16.0 Å². The van der Waals surface area contributed by atoms with Crippen molar-refractivity contribution in [2.75, 3.05) is 0 Å². The summed E-state index contributed by atoms with van der Waals surface area (Å²) in [7, 11) is 0. The molecule has 0 spiro atoms. The molecule has 0 aliphatic carbocycles. The van der Waals surface area contributed by atoms with Gasteiger partial charge in [0.1, 0.15) is 10.6 Å². The first-order valence-corrected chi connectivity index (χ1v) is 9.51. The number of rotatable bonds is 2. The molecule has 0 saturated carbocycles. The van der Waals surface area contributed by atoms with Crippen LogP contribution in [0.1, 0.15) is 0 Å². The van der Waals surface area contributed by atoms with Crippen molar-refractivity contribution >= 4 is 50.5 Å². The summed E-state index contributed by atoms with van der Waals surface area (Å²) in [5, 5.41) is 7.22. The van der Waals surface area contributed by atoms with Gasteiger partial charge >= 0.3 is 5.63 Å². The van der Waals surface area contributed by atoms with Gasteiger partial charge in [0.15, 0.2) is 0 Å². The third-order valence-corrected chi connectivity index (χ3v) is 5.64. The highest BCUT2D eigenvalue weighted by Crippen LogP contribution is 2.32. The van der Waals surface area contributed by atoms with Crippen LogP contribution in [0.25, 0.3) is 37.8 Å². The Kier molecular flexibility index (Phi) is 3.79. The molecule has 0 aliphatic heterocycles. The second-order valence-electron chi connectivity index (χ2n) is 5.87. The van der Waals surface area contributed by atoms with Crippen molar-refractivity contribution in [3.8, 4) is 21.8 Å². The fourth-order valence-corrected chi connectivity index (χ4v) is 4.23. The maximum absolute atomic E-state index is 12.4. The zero-order valence-corrected chi connectivity index (χ0v) is 15.8. The van der Waals surface area contributed by atoms with Gasteiger partial charge in [-0.3, -0.25) is 0 Å². The molecule has 0 amide bonds. The lowest BCUT2D eigenvalue weighted by atomic mass is 10.1. The summed E-state index contributed by atoms with van der Waals surface area (Å²) in [5.74, 6) is 0. The van der Waals surface area contributed by atoms with Crippen molar-refractivity contribution in [2.45, 2.75) is 0 Å². The van der Waals surface area contributed by atoms with Crippen molar-refractivity contribution in [1.29, 1.82) is 0 Å². The highest BCUT2D eigenvalue weighted by Gasteiger charge is 2.16. The molecule has 0 radical (unpaired) electrons. The summed E-state index contributed by atoms with van der Waals surface area (Å²) in [5.41, 5.74) is 1.73. The topological polar surface area (TPSA) is 60.4 Å².